The minimum atomic E-state index is 0.110. The van der Waals surface area contributed by atoms with Gasteiger partial charge < -0.3 is 15.1 Å². The third-order valence-electron chi connectivity index (χ3n) is 4.97. The number of anilines is 1. The summed E-state index contributed by atoms with van der Waals surface area (Å²) in [6.07, 6.45) is 2.20. The molecule has 0 aliphatic carbocycles. The van der Waals surface area contributed by atoms with Gasteiger partial charge in [0.1, 0.15) is 0 Å². The van der Waals surface area contributed by atoms with E-state index in [1.807, 2.05) is 23.1 Å². The topological polar surface area (TPSA) is 47.9 Å². The van der Waals surface area contributed by atoms with E-state index in [4.69, 9.17) is 0 Å². The first-order valence-electron chi connectivity index (χ1n) is 8.92. The highest BCUT2D eigenvalue weighted by atomic mass is 16.2. The number of hydrogen-bond acceptors (Lipinski definition) is 2. The smallest absolute Gasteiger partial charge is 0.246 e. The molecule has 0 bridgehead atoms. The van der Waals surface area contributed by atoms with Gasteiger partial charge in [-0.05, 0) is 36.3 Å². The van der Waals surface area contributed by atoms with Crippen molar-refractivity contribution in [3.05, 3.63) is 29.8 Å². The van der Waals surface area contributed by atoms with Crippen LogP contribution in [-0.2, 0) is 11.2 Å². The van der Waals surface area contributed by atoms with Crippen molar-refractivity contribution >= 4 is 17.6 Å². The molecule has 1 aromatic rings. The van der Waals surface area contributed by atoms with Crippen molar-refractivity contribution in [1.29, 1.82) is 0 Å². The van der Waals surface area contributed by atoms with E-state index >= 15 is 0 Å². The molecule has 1 amide bonds. The number of piperidine rings is 1. The number of rotatable bonds is 2. The van der Waals surface area contributed by atoms with Crippen LogP contribution < -0.4 is 10.2 Å². The number of para-hydroxylation sites is 1. The number of nitrogens with zero attached hydrogens (tertiary/aromatic N) is 3. The fourth-order valence-corrected chi connectivity index (χ4v) is 4.02. The van der Waals surface area contributed by atoms with Crippen LogP contribution in [0.1, 0.15) is 25.8 Å². The van der Waals surface area contributed by atoms with E-state index in [-0.39, 0.29) is 5.91 Å². The molecule has 0 saturated carbocycles. The lowest BCUT2D eigenvalue weighted by Gasteiger charge is -2.37. The van der Waals surface area contributed by atoms with Gasteiger partial charge in [-0.1, -0.05) is 32.0 Å². The van der Waals surface area contributed by atoms with Crippen LogP contribution >= 0.6 is 0 Å². The Morgan fingerprint density at radius 3 is 2.67 bits per heavy atom. The van der Waals surface area contributed by atoms with Crippen LogP contribution in [0.2, 0.25) is 0 Å². The lowest BCUT2D eigenvalue weighted by molar-refractivity contribution is -0.117. The molecule has 2 unspecified atom stereocenters. The molecule has 1 aromatic carbocycles. The summed E-state index contributed by atoms with van der Waals surface area (Å²) >= 11 is 0. The first-order valence-corrected chi connectivity index (χ1v) is 8.92. The standard InChI is InChI=1S/C19H28N4O/c1-14-10-15(2)13-22(12-14)19(20-3)21-11-18(24)23-9-8-16-6-4-5-7-17(16)23/h4-7,14-15H,8-13H2,1-3H3,(H,20,21). The Kier molecular flexibility index (Phi) is 5.07. The van der Waals surface area contributed by atoms with Gasteiger partial charge in [0.2, 0.25) is 5.91 Å². The van der Waals surface area contributed by atoms with Gasteiger partial charge in [0, 0.05) is 32.4 Å². The number of benzene rings is 1. The second kappa shape index (κ2) is 7.24. The van der Waals surface area contributed by atoms with Crippen LogP contribution in [0, 0.1) is 11.8 Å². The highest BCUT2D eigenvalue weighted by Crippen LogP contribution is 2.27. The zero-order valence-electron chi connectivity index (χ0n) is 15.0. The number of amides is 1. The monoisotopic (exact) mass is 328 g/mol. The average Bonchev–Trinajstić information content (AvgIpc) is 2.98. The van der Waals surface area contributed by atoms with Crippen LogP contribution in [-0.4, -0.2) is 50.0 Å². The molecule has 2 heterocycles. The number of carbonyl (C=O) groups is 1. The van der Waals surface area contributed by atoms with E-state index < -0.39 is 0 Å². The van der Waals surface area contributed by atoms with Crippen LogP contribution in [0.4, 0.5) is 5.69 Å². The Morgan fingerprint density at radius 1 is 1.25 bits per heavy atom. The SMILES string of the molecule is CN=C(NCC(=O)N1CCc2ccccc21)N1CC(C)CC(C)C1. The molecule has 1 saturated heterocycles. The maximum Gasteiger partial charge on any atom is 0.246 e. The van der Waals surface area contributed by atoms with Gasteiger partial charge >= 0.3 is 0 Å². The van der Waals surface area contributed by atoms with Crippen LogP contribution in [0.5, 0.6) is 0 Å². The summed E-state index contributed by atoms with van der Waals surface area (Å²) in [6.45, 7) is 7.64. The molecule has 3 rings (SSSR count). The Morgan fingerprint density at radius 2 is 1.96 bits per heavy atom. The third kappa shape index (κ3) is 3.55. The quantitative estimate of drug-likeness (QED) is 0.668. The highest BCUT2D eigenvalue weighted by Gasteiger charge is 2.26. The van der Waals surface area contributed by atoms with Crippen molar-refractivity contribution in [1.82, 2.24) is 10.2 Å². The van der Waals surface area contributed by atoms with Gasteiger partial charge in [0.05, 0.1) is 6.54 Å². The average molecular weight is 328 g/mol. The van der Waals surface area contributed by atoms with E-state index in [9.17, 15) is 4.79 Å². The Balaban J connectivity index is 1.59. The van der Waals surface area contributed by atoms with Gasteiger partial charge in [-0.3, -0.25) is 9.79 Å². The molecule has 1 fully saturated rings. The first-order chi connectivity index (χ1) is 11.6. The van der Waals surface area contributed by atoms with Crippen molar-refractivity contribution in [3.8, 4) is 0 Å². The zero-order chi connectivity index (χ0) is 17.1. The van der Waals surface area contributed by atoms with Crippen LogP contribution in [0.25, 0.3) is 0 Å². The van der Waals surface area contributed by atoms with E-state index in [1.54, 1.807) is 7.05 Å². The number of fused-ring (bicyclic) bond motifs is 1. The third-order valence-corrected chi connectivity index (χ3v) is 4.97. The second-order valence-electron chi connectivity index (χ2n) is 7.18. The molecule has 1 N–H and O–H groups in total. The number of nitrogens with one attached hydrogen (secondary N) is 1. The molecular weight excluding hydrogens is 300 g/mol. The fraction of sp³-hybridized carbons (Fsp3) is 0.579. The molecule has 5 heteroatoms. The number of hydrogen-bond donors (Lipinski definition) is 1. The van der Waals surface area contributed by atoms with Gasteiger partial charge in [0.25, 0.3) is 0 Å². The number of guanidine groups is 1. The van der Waals surface area contributed by atoms with Crippen LogP contribution in [0.15, 0.2) is 29.3 Å². The van der Waals surface area contributed by atoms with Crippen molar-refractivity contribution in [2.45, 2.75) is 26.7 Å². The highest BCUT2D eigenvalue weighted by molar-refractivity contribution is 5.98. The van der Waals surface area contributed by atoms with Crippen LogP contribution in [0.3, 0.4) is 0 Å². The molecule has 130 valence electrons. The van der Waals surface area contributed by atoms with Crippen molar-refractivity contribution < 1.29 is 4.79 Å². The lowest BCUT2D eigenvalue weighted by atomic mass is 9.92. The molecule has 5 nitrogen and oxygen atoms in total. The predicted molar refractivity (Wildman–Crippen MR) is 98.4 cm³/mol. The molecule has 0 aromatic heterocycles. The summed E-state index contributed by atoms with van der Waals surface area (Å²) in [5.41, 5.74) is 2.31. The Labute approximate surface area is 144 Å². The van der Waals surface area contributed by atoms with Crippen molar-refractivity contribution in [2.75, 3.05) is 38.1 Å². The number of likely N-dealkylation sites (tertiary alicyclic amines) is 1. The summed E-state index contributed by atoms with van der Waals surface area (Å²) in [5.74, 6) is 2.27. The molecule has 2 atom stereocenters. The van der Waals surface area contributed by atoms with Crippen molar-refractivity contribution in [3.63, 3.8) is 0 Å². The van der Waals surface area contributed by atoms with Crippen molar-refractivity contribution in [2.24, 2.45) is 16.8 Å². The summed E-state index contributed by atoms with van der Waals surface area (Å²) < 4.78 is 0. The largest absolute Gasteiger partial charge is 0.347 e. The normalized spacial score (nSPS) is 24.0. The number of aliphatic imine (C=N–C) groups is 1. The van der Waals surface area contributed by atoms with E-state index in [1.165, 1.54) is 12.0 Å². The van der Waals surface area contributed by atoms with E-state index in [0.29, 0.717) is 18.4 Å². The molecule has 0 radical (unpaired) electrons. The second-order valence-corrected chi connectivity index (χ2v) is 7.18. The Hall–Kier alpha value is -2.04. The summed E-state index contributed by atoms with van der Waals surface area (Å²) in [6, 6.07) is 8.16. The summed E-state index contributed by atoms with van der Waals surface area (Å²) in [5, 5.41) is 3.27. The maximum atomic E-state index is 12.6. The summed E-state index contributed by atoms with van der Waals surface area (Å²) in [4.78, 5) is 21.2. The fourth-order valence-electron chi connectivity index (χ4n) is 4.02. The van der Waals surface area contributed by atoms with E-state index in [2.05, 4.69) is 35.1 Å². The molecule has 0 spiro atoms. The van der Waals surface area contributed by atoms with E-state index in [0.717, 1.165) is 37.7 Å². The zero-order valence-corrected chi connectivity index (χ0v) is 15.0. The maximum absolute atomic E-state index is 12.6. The van der Waals surface area contributed by atoms with Gasteiger partial charge in [-0.2, -0.15) is 0 Å². The van der Waals surface area contributed by atoms with Gasteiger partial charge in [-0.15, -0.1) is 0 Å². The Bertz CT molecular complexity index is 618. The molecular formula is C19H28N4O. The molecule has 24 heavy (non-hydrogen) atoms. The first kappa shape index (κ1) is 16.8. The summed E-state index contributed by atoms with van der Waals surface area (Å²) in [7, 11) is 1.79. The molecule has 2 aliphatic heterocycles. The predicted octanol–water partition coefficient (Wildman–Crippen LogP) is 2.13. The number of carbonyl (C=O) groups excluding carboxylic acids is 1. The lowest BCUT2D eigenvalue weighted by Crippen LogP contribution is -2.50. The molecule has 2 aliphatic rings. The van der Waals surface area contributed by atoms with Gasteiger partial charge in [-0.25, -0.2) is 0 Å². The minimum Gasteiger partial charge on any atom is -0.347 e. The minimum absolute atomic E-state index is 0.110. The van der Waals surface area contributed by atoms with Gasteiger partial charge in [0.15, 0.2) is 5.96 Å².